The lowest BCUT2D eigenvalue weighted by molar-refractivity contribution is 0.582. The molecule has 2 nitrogen and oxygen atoms in total. The fourth-order valence-electron chi connectivity index (χ4n) is 2.04. The van der Waals surface area contributed by atoms with Crippen LogP contribution in [0.15, 0.2) is 65.8 Å². The molecule has 0 bridgehead atoms. The van der Waals surface area contributed by atoms with E-state index in [1.807, 2.05) is 42.5 Å². The zero-order chi connectivity index (χ0) is 14.7. The van der Waals surface area contributed by atoms with Crippen molar-refractivity contribution in [2.75, 3.05) is 5.43 Å². The maximum atomic E-state index is 13.4. The van der Waals surface area contributed by atoms with Crippen LogP contribution >= 0.6 is 0 Å². The first-order valence-electron chi connectivity index (χ1n) is 6.45. The predicted octanol–water partition coefficient (Wildman–Crippen LogP) is 4.56. The van der Waals surface area contributed by atoms with Crippen LogP contribution in [-0.2, 0) is 0 Å². The van der Waals surface area contributed by atoms with Crippen LogP contribution in [0.1, 0.15) is 5.56 Å². The smallest absolute Gasteiger partial charge is 0.134 e. The number of hydrazone groups is 1. The van der Waals surface area contributed by atoms with E-state index in [1.165, 1.54) is 18.3 Å². The summed E-state index contributed by atoms with van der Waals surface area (Å²) in [5.74, 6) is -1.24. The van der Waals surface area contributed by atoms with E-state index >= 15 is 0 Å². The third kappa shape index (κ3) is 3.05. The highest BCUT2D eigenvalue weighted by Crippen LogP contribution is 2.18. The van der Waals surface area contributed by atoms with E-state index < -0.39 is 11.6 Å². The Morgan fingerprint density at radius 1 is 0.857 bits per heavy atom. The minimum atomic E-state index is -0.640. The van der Waals surface area contributed by atoms with E-state index in [9.17, 15) is 8.78 Å². The highest BCUT2D eigenvalue weighted by atomic mass is 19.1. The van der Waals surface area contributed by atoms with E-state index in [1.54, 1.807) is 0 Å². The van der Waals surface area contributed by atoms with Gasteiger partial charge in [-0.05, 0) is 35.0 Å². The van der Waals surface area contributed by atoms with Gasteiger partial charge in [-0.3, -0.25) is 5.43 Å². The topological polar surface area (TPSA) is 24.4 Å². The maximum Gasteiger partial charge on any atom is 0.134 e. The fourth-order valence-corrected chi connectivity index (χ4v) is 2.04. The van der Waals surface area contributed by atoms with Crippen molar-refractivity contribution in [3.8, 4) is 0 Å². The van der Waals surface area contributed by atoms with E-state index in [2.05, 4.69) is 10.5 Å². The molecule has 3 aromatic rings. The van der Waals surface area contributed by atoms with Gasteiger partial charge in [-0.1, -0.05) is 30.3 Å². The lowest BCUT2D eigenvalue weighted by Crippen LogP contribution is -1.94. The molecule has 0 aliphatic rings. The molecule has 0 spiro atoms. The lowest BCUT2D eigenvalue weighted by Gasteiger charge is -2.03. The molecule has 0 radical (unpaired) electrons. The van der Waals surface area contributed by atoms with Crippen LogP contribution < -0.4 is 5.43 Å². The minimum Gasteiger partial charge on any atom is -0.278 e. The first-order valence-corrected chi connectivity index (χ1v) is 6.45. The molecular weight excluding hydrogens is 270 g/mol. The molecule has 0 fully saturated rings. The minimum absolute atomic E-state index is 0.227. The Labute approximate surface area is 120 Å². The number of anilines is 1. The molecule has 0 amide bonds. The van der Waals surface area contributed by atoms with Gasteiger partial charge in [0, 0.05) is 11.6 Å². The van der Waals surface area contributed by atoms with Crippen LogP contribution in [0.25, 0.3) is 10.8 Å². The molecule has 0 atom stereocenters. The van der Waals surface area contributed by atoms with Gasteiger partial charge < -0.3 is 0 Å². The monoisotopic (exact) mass is 282 g/mol. The van der Waals surface area contributed by atoms with Crippen molar-refractivity contribution in [1.82, 2.24) is 0 Å². The molecule has 0 unspecified atom stereocenters. The molecule has 0 saturated carbocycles. The first kappa shape index (κ1) is 13.2. The van der Waals surface area contributed by atoms with Crippen LogP contribution in [0.3, 0.4) is 0 Å². The van der Waals surface area contributed by atoms with Gasteiger partial charge in [-0.2, -0.15) is 5.10 Å². The Balaban J connectivity index is 1.77. The average Bonchev–Trinajstić information content (AvgIpc) is 2.49. The van der Waals surface area contributed by atoms with Crippen molar-refractivity contribution in [2.24, 2.45) is 5.10 Å². The van der Waals surface area contributed by atoms with Gasteiger partial charge in [0.15, 0.2) is 0 Å². The number of hydrogen-bond acceptors (Lipinski definition) is 2. The number of fused-ring (bicyclic) bond motifs is 1. The normalized spacial score (nSPS) is 11.1. The van der Waals surface area contributed by atoms with Crippen molar-refractivity contribution < 1.29 is 8.78 Å². The quantitative estimate of drug-likeness (QED) is 0.552. The first-order chi connectivity index (χ1) is 10.2. The summed E-state index contributed by atoms with van der Waals surface area (Å²) in [5.41, 5.74) is 3.86. The third-order valence-corrected chi connectivity index (χ3v) is 3.11. The summed E-state index contributed by atoms with van der Waals surface area (Å²) in [6, 6.07) is 17.2. The molecule has 0 aliphatic carbocycles. The summed E-state index contributed by atoms with van der Waals surface area (Å²) in [6.45, 7) is 0. The number of hydrogen-bond donors (Lipinski definition) is 1. The van der Waals surface area contributed by atoms with Gasteiger partial charge >= 0.3 is 0 Å². The van der Waals surface area contributed by atoms with Crippen molar-refractivity contribution >= 4 is 22.7 Å². The summed E-state index contributed by atoms with van der Waals surface area (Å²) in [6.07, 6.45) is 1.32. The number of halogens is 2. The van der Waals surface area contributed by atoms with Crippen LogP contribution in [0.5, 0.6) is 0 Å². The predicted molar refractivity (Wildman–Crippen MR) is 81.5 cm³/mol. The SMILES string of the molecule is Fc1ccc(C=NNc2ccc3ccccc3c2)c(F)c1. The summed E-state index contributed by atoms with van der Waals surface area (Å²) in [7, 11) is 0. The third-order valence-electron chi connectivity index (χ3n) is 3.11. The van der Waals surface area contributed by atoms with Gasteiger partial charge in [-0.25, -0.2) is 8.78 Å². The Hall–Kier alpha value is -2.75. The van der Waals surface area contributed by atoms with Gasteiger partial charge in [0.1, 0.15) is 11.6 Å². The Kier molecular flexibility index (Phi) is 3.60. The van der Waals surface area contributed by atoms with Crippen LogP contribution in [0, 0.1) is 11.6 Å². The molecule has 0 aliphatic heterocycles. The van der Waals surface area contributed by atoms with E-state index in [0.717, 1.165) is 22.5 Å². The van der Waals surface area contributed by atoms with Gasteiger partial charge in [0.25, 0.3) is 0 Å². The molecule has 0 heterocycles. The number of rotatable bonds is 3. The molecule has 0 aromatic heterocycles. The van der Waals surface area contributed by atoms with E-state index in [0.29, 0.717) is 0 Å². The van der Waals surface area contributed by atoms with Crippen molar-refractivity contribution in [3.05, 3.63) is 77.9 Å². The average molecular weight is 282 g/mol. The van der Waals surface area contributed by atoms with Crippen LogP contribution in [-0.4, -0.2) is 6.21 Å². The highest BCUT2D eigenvalue weighted by Gasteiger charge is 2.00. The van der Waals surface area contributed by atoms with Crippen molar-refractivity contribution in [3.63, 3.8) is 0 Å². The summed E-state index contributed by atoms with van der Waals surface area (Å²) in [4.78, 5) is 0. The lowest BCUT2D eigenvalue weighted by atomic mass is 10.1. The fraction of sp³-hybridized carbons (Fsp3) is 0. The van der Waals surface area contributed by atoms with Crippen LogP contribution in [0.2, 0.25) is 0 Å². The number of nitrogens with one attached hydrogen (secondary N) is 1. The molecule has 4 heteroatoms. The summed E-state index contributed by atoms with van der Waals surface area (Å²) >= 11 is 0. The van der Waals surface area contributed by atoms with Gasteiger partial charge in [0.05, 0.1) is 11.9 Å². The molecule has 3 rings (SSSR count). The Bertz CT molecular complexity index is 813. The molecule has 21 heavy (non-hydrogen) atoms. The van der Waals surface area contributed by atoms with Crippen molar-refractivity contribution in [2.45, 2.75) is 0 Å². The Morgan fingerprint density at radius 3 is 2.48 bits per heavy atom. The Morgan fingerprint density at radius 2 is 1.67 bits per heavy atom. The standard InChI is InChI=1S/C17H12F2N2/c18-15-7-5-14(17(19)10-15)11-20-21-16-8-6-12-3-1-2-4-13(12)9-16/h1-11,21H. The van der Waals surface area contributed by atoms with Gasteiger partial charge in [-0.15, -0.1) is 0 Å². The second-order valence-corrected chi connectivity index (χ2v) is 4.60. The molecule has 104 valence electrons. The zero-order valence-electron chi connectivity index (χ0n) is 11.1. The molecule has 0 saturated heterocycles. The molecular formula is C17H12F2N2. The second-order valence-electron chi connectivity index (χ2n) is 4.60. The number of nitrogens with zero attached hydrogens (tertiary/aromatic N) is 1. The van der Waals surface area contributed by atoms with E-state index in [4.69, 9.17) is 0 Å². The maximum absolute atomic E-state index is 13.4. The highest BCUT2D eigenvalue weighted by molar-refractivity contribution is 5.86. The largest absolute Gasteiger partial charge is 0.278 e. The van der Waals surface area contributed by atoms with E-state index in [-0.39, 0.29) is 5.56 Å². The number of benzene rings is 3. The van der Waals surface area contributed by atoms with Crippen LogP contribution in [0.4, 0.5) is 14.5 Å². The summed E-state index contributed by atoms with van der Waals surface area (Å²) < 4.78 is 26.2. The van der Waals surface area contributed by atoms with Gasteiger partial charge in [0.2, 0.25) is 0 Å². The second kappa shape index (κ2) is 5.71. The van der Waals surface area contributed by atoms with Crippen molar-refractivity contribution in [1.29, 1.82) is 0 Å². The molecule has 1 N–H and O–H groups in total. The summed E-state index contributed by atoms with van der Waals surface area (Å²) in [5, 5.41) is 6.20. The zero-order valence-corrected chi connectivity index (χ0v) is 11.1. The molecule has 3 aromatic carbocycles.